The van der Waals surface area contributed by atoms with E-state index in [0.717, 1.165) is 5.56 Å². The van der Waals surface area contributed by atoms with Crippen LogP contribution in [0, 0.1) is 12.3 Å². The molecule has 0 N–H and O–H groups in total. The van der Waals surface area contributed by atoms with E-state index in [1.807, 2.05) is 92.7 Å². The van der Waals surface area contributed by atoms with Crippen molar-refractivity contribution >= 4 is 33.0 Å². The lowest BCUT2D eigenvalue weighted by Gasteiger charge is -2.51. The molecule has 0 saturated heterocycles. The van der Waals surface area contributed by atoms with Crippen molar-refractivity contribution in [3.63, 3.8) is 0 Å². The summed E-state index contributed by atoms with van der Waals surface area (Å²) in [6.07, 6.45) is 1.76. The number of aryl methyl sites for hydroxylation is 1. The molecule has 7 heteroatoms. The molecule has 3 atom stereocenters. The molecule has 2 aliphatic rings. The van der Waals surface area contributed by atoms with E-state index in [1.54, 1.807) is 36.4 Å². The normalized spacial score (nSPS) is 22.2. The number of hydrogen-bond acceptors (Lipinski definition) is 4. The van der Waals surface area contributed by atoms with Crippen molar-refractivity contribution in [2.75, 3.05) is 9.31 Å². The molecule has 1 amide bonds. The zero-order chi connectivity index (χ0) is 28.1. The van der Waals surface area contributed by atoms with E-state index < -0.39 is 27.4 Å². The maximum absolute atomic E-state index is 14.9. The van der Waals surface area contributed by atoms with E-state index in [4.69, 9.17) is 5.10 Å². The number of allylic oxidation sites excluding steroid dienone is 1. The second-order valence-electron chi connectivity index (χ2n) is 10.2. The van der Waals surface area contributed by atoms with Gasteiger partial charge in [-0.3, -0.25) is 9.10 Å². The van der Waals surface area contributed by atoms with Crippen LogP contribution in [-0.2, 0) is 14.8 Å². The number of amides is 1. The molecule has 2 aliphatic heterocycles. The summed E-state index contributed by atoms with van der Waals surface area (Å²) in [5.74, 6) is -0.836. The molecule has 2 heterocycles. The zero-order valence-electron chi connectivity index (χ0n) is 22.3. The molecule has 4 aromatic rings. The first-order chi connectivity index (χ1) is 19.3. The van der Waals surface area contributed by atoms with Gasteiger partial charge in [0.1, 0.15) is 5.41 Å². The minimum absolute atomic E-state index is 0.154. The first-order valence-corrected chi connectivity index (χ1v) is 14.6. The van der Waals surface area contributed by atoms with Crippen LogP contribution in [0.5, 0.6) is 0 Å². The minimum Gasteiger partial charge on any atom is -0.271 e. The first kappa shape index (κ1) is 25.8. The second kappa shape index (κ2) is 9.61. The zero-order valence-corrected chi connectivity index (χ0v) is 23.1. The number of nitrogens with zero attached hydrogens (tertiary/aromatic N) is 3. The Bertz CT molecular complexity index is 1730. The van der Waals surface area contributed by atoms with Crippen LogP contribution >= 0.6 is 0 Å². The molecule has 6 rings (SSSR count). The highest BCUT2D eigenvalue weighted by Gasteiger charge is 2.65. The van der Waals surface area contributed by atoms with E-state index in [9.17, 15) is 13.2 Å². The molecular formula is C33H29N3O3S. The maximum Gasteiger partial charge on any atom is 0.264 e. The smallest absolute Gasteiger partial charge is 0.264 e. The molecule has 0 radical (unpaired) electrons. The lowest BCUT2D eigenvalue weighted by molar-refractivity contribution is -0.125. The quantitative estimate of drug-likeness (QED) is 0.264. The van der Waals surface area contributed by atoms with Crippen molar-refractivity contribution in [3.8, 4) is 0 Å². The van der Waals surface area contributed by atoms with Gasteiger partial charge in [0.05, 0.1) is 28.0 Å². The van der Waals surface area contributed by atoms with Gasteiger partial charge >= 0.3 is 0 Å². The van der Waals surface area contributed by atoms with E-state index in [2.05, 4.69) is 6.58 Å². The fraction of sp³-hybridized carbons (Fsp3) is 0.152. The molecule has 0 unspecified atom stereocenters. The predicted octanol–water partition coefficient (Wildman–Crippen LogP) is 6.62. The van der Waals surface area contributed by atoms with Crippen LogP contribution in [0.3, 0.4) is 0 Å². The van der Waals surface area contributed by atoms with Gasteiger partial charge in [0.15, 0.2) is 0 Å². The van der Waals surface area contributed by atoms with E-state index in [-0.39, 0.29) is 10.8 Å². The molecule has 1 spiro atoms. The van der Waals surface area contributed by atoms with Gasteiger partial charge in [0, 0.05) is 5.92 Å². The molecule has 200 valence electrons. The fourth-order valence-corrected chi connectivity index (χ4v) is 7.85. The van der Waals surface area contributed by atoms with Crippen LogP contribution < -0.4 is 9.31 Å². The number of para-hydroxylation sites is 2. The van der Waals surface area contributed by atoms with Crippen LogP contribution in [0.4, 0.5) is 11.4 Å². The van der Waals surface area contributed by atoms with Crippen LogP contribution in [0.25, 0.3) is 0 Å². The third-order valence-corrected chi connectivity index (χ3v) is 9.78. The highest BCUT2D eigenvalue weighted by atomic mass is 32.2. The SMILES string of the molecule is C=C[C@@H]1c2ccccc2N(S(=O)(=O)c2ccc(C)cc2)[C@H](c2ccccc2)[C@]12C(=O)N(c1ccccc1)N=C2C. The summed E-state index contributed by atoms with van der Waals surface area (Å²) in [5, 5.41) is 6.20. The molecule has 0 fully saturated rings. The number of hydrazone groups is 1. The van der Waals surface area contributed by atoms with Crippen LogP contribution in [-0.4, -0.2) is 20.0 Å². The van der Waals surface area contributed by atoms with Crippen molar-refractivity contribution in [1.82, 2.24) is 0 Å². The van der Waals surface area contributed by atoms with E-state index >= 15 is 0 Å². The van der Waals surface area contributed by atoms with Gasteiger partial charge in [0.25, 0.3) is 15.9 Å². The Morgan fingerprint density at radius 1 is 0.825 bits per heavy atom. The summed E-state index contributed by atoms with van der Waals surface area (Å²) >= 11 is 0. The Labute approximate surface area is 234 Å². The standard InChI is InChI=1S/C33H29N3O3S/c1-4-29-28-17-11-12-18-30(28)36(40(38,39)27-21-19-23(2)20-22-27)31(25-13-7-5-8-14-25)33(29)24(3)34-35(32(33)37)26-15-9-6-10-16-26/h4-22,29,31H,1H2,2-3H3/t29-,31-,33-/m1/s1. The summed E-state index contributed by atoms with van der Waals surface area (Å²) in [6.45, 7) is 7.89. The van der Waals surface area contributed by atoms with E-state index in [1.165, 1.54) is 9.31 Å². The lowest BCUT2D eigenvalue weighted by Crippen LogP contribution is -2.57. The number of rotatable bonds is 5. The molecule has 0 bridgehead atoms. The topological polar surface area (TPSA) is 70.1 Å². The van der Waals surface area contributed by atoms with Crippen molar-refractivity contribution in [2.45, 2.75) is 30.7 Å². The predicted molar refractivity (Wildman–Crippen MR) is 159 cm³/mol. The number of hydrogen-bond donors (Lipinski definition) is 0. The van der Waals surface area contributed by atoms with Gasteiger partial charge in [-0.2, -0.15) is 10.1 Å². The van der Waals surface area contributed by atoms with Gasteiger partial charge in [-0.15, -0.1) is 6.58 Å². The summed E-state index contributed by atoms with van der Waals surface area (Å²) in [7, 11) is -4.14. The largest absolute Gasteiger partial charge is 0.271 e. The molecular weight excluding hydrogens is 518 g/mol. The summed E-state index contributed by atoms with van der Waals surface area (Å²) in [4.78, 5) is 15.0. The average molecular weight is 548 g/mol. The first-order valence-electron chi connectivity index (χ1n) is 13.1. The summed E-state index contributed by atoms with van der Waals surface area (Å²) in [6, 6.07) is 31.9. The van der Waals surface area contributed by atoms with Crippen LogP contribution in [0.1, 0.15) is 35.6 Å². The van der Waals surface area contributed by atoms with Gasteiger partial charge in [0.2, 0.25) is 0 Å². The van der Waals surface area contributed by atoms with Crippen molar-refractivity contribution in [2.24, 2.45) is 10.5 Å². The maximum atomic E-state index is 14.9. The number of carbonyl (C=O) groups excluding carboxylic acids is 1. The third kappa shape index (κ3) is 3.65. The average Bonchev–Trinajstić information content (AvgIpc) is 3.23. The number of benzene rings is 4. The number of anilines is 2. The molecule has 4 aromatic carbocycles. The fourth-order valence-electron chi connectivity index (χ4n) is 6.15. The summed E-state index contributed by atoms with van der Waals surface area (Å²) in [5.41, 5.74) is 2.63. The number of carbonyl (C=O) groups is 1. The van der Waals surface area contributed by atoms with Gasteiger partial charge in [-0.25, -0.2) is 8.42 Å². The van der Waals surface area contributed by atoms with Crippen molar-refractivity contribution in [3.05, 3.63) is 139 Å². The van der Waals surface area contributed by atoms with Gasteiger partial charge < -0.3 is 0 Å². The molecule has 0 saturated carbocycles. The number of sulfonamides is 1. The van der Waals surface area contributed by atoms with Gasteiger partial charge in [-0.05, 0) is 55.3 Å². The van der Waals surface area contributed by atoms with Crippen LogP contribution in [0.15, 0.2) is 132 Å². The minimum atomic E-state index is -4.14. The van der Waals surface area contributed by atoms with Crippen molar-refractivity contribution < 1.29 is 13.2 Å². The molecule has 0 aromatic heterocycles. The number of fused-ring (bicyclic) bond motifs is 1. The Morgan fingerprint density at radius 2 is 1.43 bits per heavy atom. The Kier molecular flexibility index (Phi) is 6.19. The Balaban J connectivity index is 1.69. The molecule has 40 heavy (non-hydrogen) atoms. The lowest BCUT2D eigenvalue weighted by atomic mass is 9.60. The Morgan fingerprint density at radius 3 is 2.08 bits per heavy atom. The van der Waals surface area contributed by atoms with Crippen molar-refractivity contribution in [1.29, 1.82) is 0 Å². The second-order valence-corrected chi connectivity index (χ2v) is 12.0. The molecule has 6 nitrogen and oxygen atoms in total. The van der Waals surface area contributed by atoms with Crippen LogP contribution in [0.2, 0.25) is 0 Å². The van der Waals surface area contributed by atoms with Gasteiger partial charge in [-0.1, -0.05) is 90.5 Å². The highest BCUT2D eigenvalue weighted by Crippen LogP contribution is 2.61. The summed E-state index contributed by atoms with van der Waals surface area (Å²) < 4.78 is 30.8. The third-order valence-electron chi connectivity index (χ3n) is 7.99. The highest BCUT2D eigenvalue weighted by molar-refractivity contribution is 7.92. The van der Waals surface area contributed by atoms with E-state index in [0.29, 0.717) is 28.2 Å². The Hall–Kier alpha value is -4.49. The monoisotopic (exact) mass is 547 g/mol. The molecule has 0 aliphatic carbocycles.